The molecule has 0 N–H and O–H groups in total. The average Bonchev–Trinajstić information content (AvgIpc) is 2.41. The Morgan fingerprint density at radius 2 is 1.84 bits per heavy atom. The third kappa shape index (κ3) is 4.44. The standard InChI is InChI=1S/C15H14BrClOS/c1-18-15-7-4-13(16)8-12(15)10-19-9-11-2-5-14(17)6-3-11/h2-8H,9-10H2,1H3. The zero-order valence-corrected chi connectivity index (χ0v) is 13.7. The van der Waals surface area contributed by atoms with Crippen molar-refractivity contribution in [2.75, 3.05) is 7.11 Å². The van der Waals surface area contributed by atoms with Crippen molar-refractivity contribution < 1.29 is 4.74 Å². The first kappa shape index (κ1) is 14.8. The van der Waals surface area contributed by atoms with Crippen molar-refractivity contribution in [3.63, 3.8) is 0 Å². The van der Waals surface area contributed by atoms with Crippen LogP contribution in [0, 0.1) is 0 Å². The summed E-state index contributed by atoms with van der Waals surface area (Å²) < 4.78 is 6.45. The van der Waals surface area contributed by atoms with Gasteiger partial charge in [0.15, 0.2) is 0 Å². The zero-order valence-electron chi connectivity index (χ0n) is 10.5. The minimum Gasteiger partial charge on any atom is -0.496 e. The Hall–Kier alpha value is -0.640. The summed E-state index contributed by atoms with van der Waals surface area (Å²) in [5.41, 5.74) is 2.49. The third-order valence-electron chi connectivity index (χ3n) is 2.68. The zero-order chi connectivity index (χ0) is 13.7. The number of ether oxygens (including phenoxy) is 1. The Morgan fingerprint density at radius 1 is 1.11 bits per heavy atom. The third-order valence-corrected chi connectivity index (χ3v) is 4.48. The van der Waals surface area contributed by atoms with Crippen LogP contribution in [0.2, 0.25) is 5.02 Å². The van der Waals surface area contributed by atoms with Crippen LogP contribution < -0.4 is 4.74 Å². The first-order valence-electron chi connectivity index (χ1n) is 5.83. The van der Waals surface area contributed by atoms with Gasteiger partial charge in [0.05, 0.1) is 7.11 Å². The highest BCUT2D eigenvalue weighted by molar-refractivity contribution is 9.10. The Kier molecular flexibility index (Phi) is 5.61. The van der Waals surface area contributed by atoms with Crippen molar-refractivity contribution >= 4 is 39.3 Å². The molecular formula is C15H14BrClOS. The Balaban J connectivity index is 1.95. The largest absolute Gasteiger partial charge is 0.496 e. The highest BCUT2D eigenvalue weighted by atomic mass is 79.9. The summed E-state index contributed by atoms with van der Waals surface area (Å²) in [6.07, 6.45) is 0. The van der Waals surface area contributed by atoms with Gasteiger partial charge in [-0.05, 0) is 35.9 Å². The van der Waals surface area contributed by atoms with Crippen molar-refractivity contribution in [3.05, 3.63) is 63.1 Å². The molecule has 4 heteroatoms. The van der Waals surface area contributed by atoms with Crippen molar-refractivity contribution in [2.45, 2.75) is 11.5 Å². The van der Waals surface area contributed by atoms with Gasteiger partial charge in [-0.15, -0.1) is 0 Å². The molecule has 1 nitrogen and oxygen atoms in total. The first-order valence-corrected chi connectivity index (χ1v) is 8.16. The predicted octanol–water partition coefficient (Wildman–Crippen LogP) is 5.54. The Bertz CT molecular complexity index is 542. The monoisotopic (exact) mass is 356 g/mol. The van der Waals surface area contributed by atoms with E-state index in [0.717, 1.165) is 26.8 Å². The first-order chi connectivity index (χ1) is 9.19. The fourth-order valence-corrected chi connectivity index (χ4v) is 3.23. The molecule has 0 saturated carbocycles. The number of rotatable bonds is 5. The van der Waals surface area contributed by atoms with Gasteiger partial charge in [-0.3, -0.25) is 0 Å². The molecule has 0 saturated heterocycles. The molecule has 0 aliphatic heterocycles. The second-order valence-corrected chi connectivity index (χ2v) is 6.41. The molecule has 2 aromatic carbocycles. The molecule has 0 fully saturated rings. The van der Waals surface area contributed by atoms with Crippen LogP contribution in [0.1, 0.15) is 11.1 Å². The van der Waals surface area contributed by atoms with Crippen LogP contribution in [0.5, 0.6) is 5.75 Å². The van der Waals surface area contributed by atoms with Gasteiger partial charge >= 0.3 is 0 Å². The van der Waals surface area contributed by atoms with E-state index in [4.69, 9.17) is 16.3 Å². The topological polar surface area (TPSA) is 9.23 Å². The van der Waals surface area contributed by atoms with Crippen molar-refractivity contribution in [3.8, 4) is 5.75 Å². The fourth-order valence-electron chi connectivity index (χ4n) is 1.72. The van der Waals surface area contributed by atoms with Crippen LogP contribution in [0.25, 0.3) is 0 Å². The lowest BCUT2D eigenvalue weighted by atomic mass is 10.2. The van der Waals surface area contributed by atoms with Crippen molar-refractivity contribution in [1.82, 2.24) is 0 Å². The molecule has 0 aliphatic rings. The quantitative estimate of drug-likeness (QED) is 0.694. The van der Waals surface area contributed by atoms with Gasteiger partial charge in [-0.25, -0.2) is 0 Å². The van der Waals surface area contributed by atoms with E-state index in [0.29, 0.717) is 0 Å². The van der Waals surface area contributed by atoms with E-state index >= 15 is 0 Å². The van der Waals surface area contributed by atoms with E-state index < -0.39 is 0 Å². The predicted molar refractivity (Wildman–Crippen MR) is 87.1 cm³/mol. The highest BCUT2D eigenvalue weighted by Crippen LogP contribution is 2.28. The van der Waals surface area contributed by atoms with E-state index in [1.165, 1.54) is 11.1 Å². The average molecular weight is 358 g/mol. The van der Waals surface area contributed by atoms with Gasteiger partial charge in [-0.2, -0.15) is 11.8 Å². The lowest BCUT2D eigenvalue weighted by Crippen LogP contribution is -1.91. The summed E-state index contributed by atoms with van der Waals surface area (Å²) in [6, 6.07) is 14.1. The lowest BCUT2D eigenvalue weighted by molar-refractivity contribution is 0.411. The maximum absolute atomic E-state index is 5.87. The van der Waals surface area contributed by atoms with E-state index in [-0.39, 0.29) is 0 Å². The summed E-state index contributed by atoms with van der Waals surface area (Å²) >= 11 is 11.2. The molecule has 100 valence electrons. The van der Waals surface area contributed by atoms with Crippen molar-refractivity contribution in [1.29, 1.82) is 0 Å². The van der Waals surface area contributed by atoms with Gasteiger partial charge in [0.2, 0.25) is 0 Å². The molecule has 0 spiro atoms. The van der Waals surface area contributed by atoms with E-state index in [1.807, 2.05) is 36.0 Å². The molecular weight excluding hydrogens is 344 g/mol. The molecule has 19 heavy (non-hydrogen) atoms. The van der Waals surface area contributed by atoms with Gasteiger partial charge in [0, 0.05) is 26.6 Å². The Labute approximate surface area is 131 Å². The SMILES string of the molecule is COc1ccc(Br)cc1CSCc1ccc(Cl)cc1. The number of methoxy groups -OCH3 is 1. The van der Waals surface area contributed by atoms with Crippen LogP contribution >= 0.6 is 39.3 Å². The van der Waals surface area contributed by atoms with Gasteiger partial charge < -0.3 is 4.74 Å². The molecule has 2 aromatic rings. The summed E-state index contributed by atoms with van der Waals surface area (Å²) in [5.74, 6) is 2.82. The normalized spacial score (nSPS) is 10.5. The van der Waals surface area contributed by atoms with Crippen molar-refractivity contribution in [2.24, 2.45) is 0 Å². The number of thioether (sulfide) groups is 1. The molecule has 0 amide bonds. The maximum atomic E-state index is 5.87. The minimum atomic E-state index is 0.780. The second kappa shape index (κ2) is 7.22. The van der Waals surface area contributed by atoms with Crippen LogP contribution in [-0.4, -0.2) is 7.11 Å². The van der Waals surface area contributed by atoms with Crippen LogP contribution in [0.15, 0.2) is 46.9 Å². The molecule has 0 aliphatic carbocycles. The molecule has 0 heterocycles. The maximum Gasteiger partial charge on any atom is 0.122 e. The number of hydrogen-bond acceptors (Lipinski definition) is 2. The molecule has 0 radical (unpaired) electrons. The highest BCUT2D eigenvalue weighted by Gasteiger charge is 2.04. The molecule has 2 rings (SSSR count). The van der Waals surface area contributed by atoms with Gasteiger partial charge in [0.25, 0.3) is 0 Å². The fraction of sp³-hybridized carbons (Fsp3) is 0.200. The summed E-state index contributed by atoms with van der Waals surface area (Å²) in [5, 5.41) is 0.780. The molecule has 0 atom stereocenters. The number of benzene rings is 2. The van der Waals surface area contributed by atoms with Crippen LogP contribution in [0.3, 0.4) is 0 Å². The number of halogens is 2. The van der Waals surface area contributed by atoms with Gasteiger partial charge in [-0.1, -0.05) is 39.7 Å². The smallest absolute Gasteiger partial charge is 0.122 e. The summed E-state index contributed by atoms with van der Waals surface area (Å²) in [4.78, 5) is 0. The van der Waals surface area contributed by atoms with E-state index in [9.17, 15) is 0 Å². The molecule has 0 aromatic heterocycles. The Morgan fingerprint density at radius 3 is 2.53 bits per heavy atom. The van der Waals surface area contributed by atoms with Crippen LogP contribution in [0.4, 0.5) is 0 Å². The summed E-state index contributed by atoms with van der Waals surface area (Å²) in [7, 11) is 1.70. The second-order valence-electron chi connectivity index (χ2n) is 4.08. The van der Waals surface area contributed by atoms with E-state index in [2.05, 4.69) is 34.1 Å². The molecule has 0 bridgehead atoms. The van der Waals surface area contributed by atoms with Gasteiger partial charge in [0.1, 0.15) is 5.75 Å². The van der Waals surface area contributed by atoms with Crippen LogP contribution in [-0.2, 0) is 11.5 Å². The minimum absolute atomic E-state index is 0.780. The lowest BCUT2D eigenvalue weighted by Gasteiger charge is -2.09. The number of hydrogen-bond donors (Lipinski definition) is 0. The molecule has 0 unspecified atom stereocenters. The summed E-state index contributed by atoms with van der Waals surface area (Å²) in [6.45, 7) is 0. The van der Waals surface area contributed by atoms with E-state index in [1.54, 1.807) is 7.11 Å².